The van der Waals surface area contributed by atoms with Gasteiger partial charge in [0, 0.05) is 13.1 Å². The van der Waals surface area contributed by atoms with E-state index in [0.717, 1.165) is 4.52 Å². The molecule has 1 fully saturated rings. The summed E-state index contributed by atoms with van der Waals surface area (Å²) < 4.78 is 60.0. The van der Waals surface area contributed by atoms with Crippen LogP contribution in [0.3, 0.4) is 0 Å². The number of ether oxygens (including phenoxy) is 2. The number of oxazole rings is 1. The molecule has 4 heterocycles. The Morgan fingerprint density at radius 3 is 2.46 bits per heavy atom. The zero-order valence-corrected chi connectivity index (χ0v) is 19.5. The lowest BCUT2D eigenvalue weighted by molar-refractivity contribution is -0.140. The van der Waals surface area contributed by atoms with Gasteiger partial charge in [0.1, 0.15) is 22.8 Å². The topological polar surface area (TPSA) is 97.9 Å². The minimum atomic E-state index is -4.77. The van der Waals surface area contributed by atoms with Crippen molar-refractivity contribution in [1.82, 2.24) is 19.6 Å². The van der Waals surface area contributed by atoms with E-state index in [1.54, 1.807) is 53.4 Å². The SMILES string of the molecule is COc1cccc2oc(-c3c(N4CCOCC4)nc4c(-c5ccccc5)c(C(F)(F)F)[nH]n4c3=O)nc12. The van der Waals surface area contributed by atoms with Crippen LogP contribution in [0.5, 0.6) is 5.75 Å². The molecule has 190 valence electrons. The van der Waals surface area contributed by atoms with Gasteiger partial charge in [0.05, 0.1) is 25.9 Å². The Kier molecular flexibility index (Phi) is 5.41. The van der Waals surface area contributed by atoms with Gasteiger partial charge in [0.2, 0.25) is 5.89 Å². The molecule has 1 N–H and O–H groups in total. The molecule has 0 saturated carbocycles. The quantitative estimate of drug-likeness (QED) is 0.383. The van der Waals surface area contributed by atoms with E-state index >= 15 is 0 Å². The van der Waals surface area contributed by atoms with Gasteiger partial charge in [0.15, 0.2) is 16.7 Å². The number of H-pyrrole nitrogens is 1. The number of alkyl halides is 3. The van der Waals surface area contributed by atoms with E-state index < -0.39 is 17.4 Å². The highest BCUT2D eigenvalue weighted by Crippen LogP contribution is 2.40. The van der Waals surface area contributed by atoms with Crippen LogP contribution < -0.4 is 15.2 Å². The second-order valence-corrected chi connectivity index (χ2v) is 8.43. The maximum atomic E-state index is 14.2. The van der Waals surface area contributed by atoms with Crippen LogP contribution >= 0.6 is 0 Å². The first kappa shape index (κ1) is 23.1. The molecule has 0 bridgehead atoms. The second kappa shape index (κ2) is 8.66. The number of morpholine rings is 1. The monoisotopic (exact) mass is 511 g/mol. The first-order valence-electron chi connectivity index (χ1n) is 11.4. The Balaban J connectivity index is 1.69. The highest BCUT2D eigenvalue weighted by molar-refractivity contribution is 5.86. The van der Waals surface area contributed by atoms with Crippen molar-refractivity contribution in [2.45, 2.75) is 6.18 Å². The molecular formula is C25H20F3N5O4. The summed E-state index contributed by atoms with van der Waals surface area (Å²) in [7, 11) is 1.48. The first-order valence-corrected chi connectivity index (χ1v) is 11.4. The van der Waals surface area contributed by atoms with Crippen LogP contribution in [0, 0.1) is 0 Å². The number of para-hydroxylation sites is 1. The van der Waals surface area contributed by atoms with Gasteiger partial charge in [-0.3, -0.25) is 9.89 Å². The molecular weight excluding hydrogens is 491 g/mol. The van der Waals surface area contributed by atoms with Gasteiger partial charge in [-0.05, 0) is 17.7 Å². The van der Waals surface area contributed by atoms with Crippen molar-refractivity contribution in [2.75, 3.05) is 38.3 Å². The molecule has 37 heavy (non-hydrogen) atoms. The predicted octanol–water partition coefficient (Wildman–Crippen LogP) is 4.36. The molecule has 0 radical (unpaired) electrons. The number of nitrogens with one attached hydrogen (secondary N) is 1. The Labute approximate surface area is 207 Å². The number of hydrogen-bond acceptors (Lipinski definition) is 7. The number of rotatable bonds is 4. The lowest BCUT2D eigenvalue weighted by Crippen LogP contribution is -2.38. The Hall–Kier alpha value is -4.32. The van der Waals surface area contributed by atoms with Crippen LogP contribution in [0.4, 0.5) is 19.0 Å². The molecule has 6 rings (SSSR count). The van der Waals surface area contributed by atoms with Crippen LogP contribution in [0.2, 0.25) is 0 Å². The highest BCUT2D eigenvalue weighted by Gasteiger charge is 2.39. The standard InChI is InChI=1S/C25H20F3N5O4/c1-35-15-8-5-9-16-19(15)29-23(37-16)18-21(32-10-12-36-13-11-32)30-22-17(14-6-3-2-4-7-14)20(25(26,27)28)31-33(22)24(18)34/h2-9,31H,10-13H2,1H3. The number of hydrogen-bond donors (Lipinski definition) is 1. The lowest BCUT2D eigenvalue weighted by Gasteiger charge is -2.28. The molecule has 0 amide bonds. The molecule has 12 heteroatoms. The van der Waals surface area contributed by atoms with Crippen molar-refractivity contribution in [1.29, 1.82) is 0 Å². The zero-order chi connectivity index (χ0) is 25.7. The van der Waals surface area contributed by atoms with Crippen molar-refractivity contribution >= 4 is 22.6 Å². The van der Waals surface area contributed by atoms with Crippen LogP contribution in [0.15, 0.2) is 57.7 Å². The summed E-state index contributed by atoms with van der Waals surface area (Å²) in [5.41, 5.74) is -1.27. The number of methoxy groups -OCH3 is 1. The molecule has 0 unspecified atom stereocenters. The third-order valence-corrected chi connectivity index (χ3v) is 6.23. The maximum absolute atomic E-state index is 14.2. The average Bonchev–Trinajstić information content (AvgIpc) is 3.51. The Bertz CT molecular complexity index is 1670. The first-order chi connectivity index (χ1) is 17.9. The van der Waals surface area contributed by atoms with E-state index in [9.17, 15) is 18.0 Å². The summed E-state index contributed by atoms with van der Waals surface area (Å²) in [6, 6.07) is 13.1. The summed E-state index contributed by atoms with van der Waals surface area (Å²) in [6.07, 6.45) is -4.77. The number of benzene rings is 2. The highest BCUT2D eigenvalue weighted by atomic mass is 19.4. The Morgan fingerprint density at radius 1 is 1.00 bits per heavy atom. The summed E-state index contributed by atoms with van der Waals surface area (Å²) >= 11 is 0. The molecule has 1 saturated heterocycles. The van der Waals surface area contributed by atoms with E-state index in [1.807, 2.05) is 0 Å². The van der Waals surface area contributed by atoms with E-state index in [0.29, 0.717) is 43.2 Å². The van der Waals surface area contributed by atoms with E-state index in [2.05, 4.69) is 15.1 Å². The molecule has 2 aromatic carbocycles. The third-order valence-electron chi connectivity index (χ3n) is 6.23. The minimum Gasteiger partial charge on any atom is -0.494 e. The summed E-state index contributed by atoms with van der Waals surface area (Å²) in [5, 5.41) is 2.25. The number of nitrogens with zero attached hydrogens (tertiary/aromatic N) is 4. The molecule has 3 aromatic heterocycles. The average molecular weight is 511 g/mol. The summed E-state index contributed by atoms with van der Waals surface area (Å²) in [6.45, 7) is 1.51. The van der Waals surface area contributed by atoms with Crippen molar-refractivity contribution in [3.8, 4) is 28.3 Å². The largest absolute Gasteiger partial charge is 0.494 e. The van der Waals surface area contributed by atoms with Crippen molar-refractivity contribution < 1.29 is 27.1 Å². The normalized spacial score (nSPS) is 14.5. The van der Waals surface area contributed by atoms with Crippen LogP contribution in [0.1, 0.15) is 5.69 Å². The fourth-order valence-corrected chi connectivity index (χ4v) is 4.53. The fourth-order valence-electron chi connectivity index (χ4n) is 4.53. The van der Waals surface area contributed by atoms with Gasteiger partial charge in [0.25, 0.3) is 5.56 Å². The lowest BCUT2D eigenvalue weighted by atomic mass is 10.1. The molecule has 0 atom stereocenters. The van der Waals surface area contributed by atoms with Gasteiger partial charge < -0.3 is 18.8 Å². The molecule has 9 nitrogen and oxygen atoms in total. The number of fused-ring (bicyclic) bond motifs is 2. The van der Waals surface area contributed by atoms with E-state index in [-0.39, 0.29) is 34.0 Å². The predicted molar refractivity (Wildman–Crippen MR) is 129 cm³/mol. The van der Waals surface area contributed by atoms with E-state index in [4.69, 9.17) is 13.9 Å². The number of aromatic amines is 1. The molecule has 5 aromatic rings. The van der Waals surface area contributed by atoms with Gasteiger partial charge in [-0.25, -0.2) is 9.97 Å². The minimum absolute atomic E-state index is 0.0627. The molecule has 0 spiro atoms. The van der Waals surface area contributed by atoms with Gasteiger partial charge >= 0.3 is 6.18 Å². The van der Waals surface area contributed by atoms with Gasteiger partial charge in [-0.1, -0.05) is 36.4 Å². The number of halogens is 3. The number of anilines is 1. The maximum Gasteiger partial charge on any atom is 0.433 e. The third kappa shape index (κ3) is 3.80. The Morgan fingerprint density at radius 2 is 1.76 bits per heavy atom. The second-order valence-electron chi connectivity index (χ2n) is 8.43. The smallest absolute Gasteiger partial charge is 0.433 e. The molecule has 1 aliphatic heterocycles. The summed E-state index contributed by atoms with van der Waals surface area (Å²) in [4.78, 5) is 24.8. The van der Waals surface area contributed by atoms with Crippen molar-refractivity contribution in [3.05, 3.63) is 64.6 Å². The van der Waals surface area contributed by atoms with Crippen LogP contribution in [-0.2, 0) is 10.9 Å². The van der Waals surface area contributed by atoms with Gasteiger partial charge in [-0.2, -0.15) is 17.7 Å². The number of aromatic nitrogens is 4. The zero-order valence-electron chi connectivity index (χ0n) is 19.5. The van der Waals surface area contributed by atoms with Crippen molar-refractivity contribution in [2.24, 2.45) is 0 Å². The van der Waals surface area contributed by atoms with Crippen molar-refractivity contribution in [3.63, 3.8) is 0 Å². The van der Waals surface area contributed by atoms with Gasteiger partial charge in [-0.15, -0.1) is 0 Å². The van der Waals surface area contributed by atoms with Crippen LogP contribution in [0.25, 0.3) is 39.3 Å². The van der Waals surface area contributed by atoms with E-state index in [1.165, 1.54) is 7.11 Å². The molecule has 1 aliphatic rings. The fraction of sp³-hybridized carbons (Fsp3) is 0.240. The molecule has 0 aliphatic carbocycles. The van der Waals surface area contributed by atoms with Crippen LogP contribution in [-0.4, -0.2) is 53.0 Å². The summed E-state index contributed by atoms with van der Waals surface area (Å²) in [5.74, 6) is 0.529.